The van der Waals surface area contributed by atoms with Crippen LogP contribution in [0.3, 0.4) is 0 Å². The first-order valence-electron chi connectivity index (χ1n) is 7.41. The minimum Gasteiger partial charge on any atom is -0.381 e. The highest BCUT2D eigenvalue weighted by Gasteiger charge is 2.15. The van der Waals surface area contributed by atoms with Gasteiger partial charge in [0.1, 0.15) is 0 Å². The monoisotopic (exact) mass is 276 g/mol. The van der Waals surface area contributed by atoms with Crippen molar-refractivity contribution in [3.63, 3.8) is 0 Å². The number of benzene rings is 1. The quantitative estimate of drug-likeness (QED) is 0.887. The Morgan fingerprint density at radius 1 is 1.35 bits per heavy atom. The zero-order valence-electron chi connectivity index (χ0n) is 12.4. The molecular formula is C16H24N2O2. The molecule has 0 saturated carbocycles. The third-order valence-corrected chi connectivity index (χ3v) is 3.87. The van der Waals surface area contributed by atoms with E-state index in [2.05, 4.69) is 23.6 Å². The average Bonchev–Trinajstić information content (AvgIpc) is 2.48. The number of para-hydroxylation sites is 1. The number of hydrogen-bond acceptors (Lipinski definition) is 2. The zero-order chi connectivity index (χ0) is 14.4. The zero-order valence-corrected chi connectivity index (χ0v) is 12.4. The van der Waals surface area contributed by atoms with Crippen LogP contribution < -0.4 is 10.6 Å². The Morgan fingerprint density at radius 2 is 2.10 bits per heavy atom. The van der Waals surface area contributed by atoms with Gasteiger partial charge in [-0.25, -0.2) is 4.79 Å². The van der Waals surface area contributed by atoms with Gasteiger partial charge in [0.15, 0.2) is 0 Å². The molecule has 4 nitrogen and oxygen atoms in total. The van der Waals surface area contributed by atoms with Gasteiger partial charge in [0.05, 0.1) is 0 Å². The molecule has 1 aliphatic heterocycles. The van der Waals surface area contributed by atoms with Crippen LogP contribution in [0.4, 0.5) is 10.5 Å². The van der Waals surface area contributed by atoms with Crippen LogP contribution in [0.15, 0.2) is 18.2 Å². The first kappa shape index (κ1) is 14.9. The van der Waals surface area contributed by atoms with Gasteiger partial charge in [0.25, 0.3) is 0 Å². The fourth-order valence-electron chi connectivity index (χ4n) is 2.55. The summed E-state index contributed by atoms with van der Waals surface area (Å²) in [6, 6.07) is 5.99. The lowest BCUT2D eigenvalue weighted by atomic mass is 10.0. The summed E-state index contributed by atoms with van der Waals surface area (Å²) in [5, 5.41) is 5.96. The van der Waals surface area contributed by atoms with Crippen molar-refractivity contribution in [2.75, 3.05) is 25.1 Å². The van der Waals surface area contributed by atoms with Crippen molar-refractivity contribution < 1.29 is 9.53 Å². The highest BCUT2D eigenvalue weighted by molar-refractivity contribution is 5.91. The molecule has 0 spiro atoms. The van der Waals surface area contributed by atoms with Crippen LogP contribution in [0.1, 0.15) is 30.9 Å². The summed E-state index contributed by atoms with van der Waals surface area (Å²) in [5.41, 5.74) is 3.22. The van der Waals surface area contributed by atoms with E-state index in [1.165, 1.54) is 5.56 Å². The maximum atomic E-state index is 12.0. The van der Waals surface area contributed by atoms with Crippen LogP contribution >= 0.6 is 0 Å². The molecule has 1 aromatic rings. The summed E-state index contributed by atoms with van der Waals surface area (Å²) >= 11 is 0. The molecule has 2 N–H and O–H groups in total. The summed E-state index contributed by atoms with van der Waals surface area (Å²) in [7, 11) is 0. The topological polar surface area (TPSA) is 50.4 Å². The first-order chi connectivity index (χ1) is 9.70. The van der Waals surface area contributed by atoms with Crippen LogP contribution in [-0.4, -0.2) is 25.8 Å². The molecule has 0 radical (unpaired) electrons. The summed E-state index contributed by atoms with van der Waals surface area (Å²) in [5.74, 6) is 0.539. The van der Waals surface area contributed by atoms with Gasteiger partial charge in [-0.15, -0.1) is 0 Å². The second-order valence-electron chi connectivity index (χ2n) is 5.35. The highest BCUT2D eigenvalue weighted by atomic mass is 16.5. The fraction of sp³-hybridized carbons (Fsp3) is 0.562. The van der Waals surface area contributed by atoms with Crippen LogP contribution in [-0.2, 0) is 11.2 Å². The Morgan fingerprint density at radius 3 is 2.80 bits per heavy atom. The molecule has 1 heterocycles. The molecule has 0 atom stereocenters. The molecule has 0 unspecified atom stereocenters. The minimum atomic E-state index is -0.111. The number of nitrogens with one attached hydrogen (secondary N) is 2. The van der Waals surface area contributed by atoms with Gasteiger partial charge in [-0.2, -0.15) is 0 Å². The van der Waals surface area contributed by atoms with E-state index in [0.717, 1.165) is 50.3 Å². The molecule has 1 aliphatic rings. The van der Waals surface area contributed by atoms with Crippen molar-refractivity contribution >= 4 is 11.7 Å². The molecule has 20 heavy (non-hydrogen) atoms. The van der Waals surface area contributed by atoms with Crippen molar-refractivity contribution in [3.05, 3.63) is 29.3 Å². The second-order valence-corrected chi connectivity index (χ2v) is 5.35. The molecule has 2 amide bonds. The molecule has 4 heteroatoms. The highest BCUT2D eigenvalue weighted by Crippen LogP contribution is 2.21. The van der Waals surface area contributed by atoms with Gasteiger partial charge < -0.3 is 15.4 Å². The van der Waals surface area contributed by atoms with Gasteiger partial charge in [0, 0.05) is 25.4 Å². The van der Waals surface area contributed by atoms with E-state index < -0.39 is 0 Å². The lowest BCUT2D eigenvalue weighted by Gasteiger charge is -2.22. The van der Waals surface area contributed by atoms with E-state index in [4.69, 9.17) is 4.74 Å². The van der Waals surface area contributed by atoms with Crippen molar-refractivity contribution in [3.8, 4) is 0 Å². The Bertz CT molecular complexity index is 454. The van der Waals surface area contributed by atoms with E-state index in [0.29, 0.717) is 5.92 Å². The smallest absolute Gasteiger partial charge is 0.319 e. The molecule has 1 fully saturated rings. The third kappa shape index (κ3) is 3.97. The van der Waals surface area contributed by atoms with Gasteiger partial charge in [0.2, 0.25) is 0 Å². The molecule has 0 aliphatic carbocycles. The van der Waals surface area contributed by atoms with E-state index in [9.17, 15) is 4.79 Å². The van der Waals surface area contributed by atoms with Gasteiger partial charge >= 0.3 is 6.03 Å². The van der Waals surface area contributed by atoms with Crippen LogP contribution in [0.5, 0.6) is 0 Å². The van der Waals surface area contributed by atoms with Crippen LogP contribution in [0.25, 0.3) is 0 Å². The van der Waals surface area contributed by atoms with Gasteiger partial charge in [-0.05, 0) is 43.2 Å². The van der Waals surface area contributed by atoms with E-state index >= 15 is 0 Å². The predicted molar refractivity (Wildman–Crippen MR) is 81.1 cm³/mol. The Hall–Kier alpha value is -1.55. The molecule has 1 saturated heterocycles. The molecule has 0 bridgehead atoms. The standard InChI is InChI=1S/C16H24N2O2/c1-3-14-6-4-5-12(2)15(14)18-16(19)17-11-13-7-9-20-10-8-13/h4-6,13H,3,7-11H2,1-2H3,(H2,17,18,19). The van der Waals surface area contributed by atoms with E-state index in [1.807, 2.05) is 19.1 Å². The lowest BCUT2D eigenvalue weighted by Crippen LogP contribution is -2.35. The third-order valence-electron chi connectivity index (χ3n) is 3.87. The maximum absolute atomic E-state index is 12.0. The molecule has 1 aromatic carbocycles. The average molecular weight is 276 g/mol. The van der Waals surface area contributed by atoms with Crippen molar-refractivity contribution in [1.29, 1.82) is 0 Å². The normalized spacial score (nSPS) is 15.9. The van der Waals surface area contributed by atoms with Crippen LogP contribution in [0, 0.1) is 12.8 Å². The number of rotatable bonds is 4. The number of aryl methyl sites for hydroxylation is 2. The summed E-state index contributed by atoms with van der Waals surface area (Å²) in [6.07, 6.45) is 2.98. The number of hydrogen-bond donors (Lipinski definition) is 2. The molecule has 0 aromatic heterocycles. The Labute approximate surface area is 120 Å². The number of amides is 2. The predicted octanol–water partition coefficient (Wildman–Crippen LogP) is 3.11. The van der Waals surface area contributed by atoms with E-state index in [1.54, 1.807) is 0 Å². The van der Waals surface area contributed by atoms with Gasteiger partial charge in [-0.1, -0.05) is 25.1 Å². The SMILES string of the molecule is CCc1cccc(C)c1NC(=O)NCC1CCOCC1. The fourth-order valence-corrected chi connectivity index (χ4v) is 2.55. The molecule has 110 valence electrons. The first-order valence-corrected chi connectivity index (χ1v) is 7.41. The molecular weight excluding hydrogens is 252 g/mol. The van der Waals surface area contributed by atoms with E-state index in [-0.39, 0.29) is 6.03 Å². The number of carbonyl (C=O) groups excluding carboxylic acids is 1. The summed E-state index contributed by atoms with van der Waals surface area (Å²) in [4.78, 5) is 12.0. The lowest BCUT2D eigenvalue weighted by molar-refractivity contribution is 0.0671. The maximum Gasteiger partial charge on any atom is 0.319 e. The largest absolute Gasteiger partial charge is 0.381 e. The van der Waals surface area contributed by atoms with Crippen LogP contribution in [0.2, 0.25) is 0 Å². The Kier molecular flexibility index (Phi) is 5.41. The van der Waals surface area contributed by atoms with Crippen molar-refractivity contribution in [2.24, 2.45) is 5.92 Å². The number of ether oxygens (including phenoxy) is 1. The van der Waals surface area contributed by atoms with Crippen molar-refractivity contribution in [1.82, 2.24) is 5.32 Å². The van der Waals surface area contributed by atoms with Gasteiger partial charge in [-0.3, -0.25) is 0 Å². The summed E-state index contributed by atoms with van der Waals surface area (Å²) < 4.78 is 5.32. The number of carbonyl (C=O) groups is 1. The second kappa shape index (κ2) is 7.29. The minimum absolute atomic E-state index is 0.111. The Balaban J connectivity index is 1.88. The van der Waals surface area contributed by atoms with Crippen molar-refractivity contribution in [2.45, 2.75) is 33.1 Å². The number of anilines is 1. The summed E-state index contributed by atoms with van der Waals surface area (Å²) in [6.45, 7) is 6.47. The number of urea groups is 1. The molecule has 2 rings (SSSR count).